The van der Waals surface area contributed by atoms with Gasteiger partial charge in [-0.15, -0.1) is 0 Å². The number of fused-ring (bicyclic) bond motifs is 1. The molecular weight excluding hydrogens is 266 g/mol. The third-order valence-corrected chi connectivity index (χ3v) is 4.26. The van der Waals surface area contributed by atoms with Gasteiger partial charge in [0.25, 0.3) is 0 Å². The first-order chi connectivity index (χ1) is 10.2. The Morgan fingerprint density at radius 1 is 1.10 bits per heavy atom. The molecular formula is C17H19NO3. The predicted octanol–water partition coefficient (Wildman–Crippen LogP) is 2.33. The van der Waals surface area contributed by atoms with Crippen LogP contribution in [-0.4, -0.2) is 29.9 Å². The van der Waals surface area contributed by atoms with Crippen LogP contribution in [-0.2, 0) is 9.59 Å². The second-order valence-corrected chi connectivity index (χ2v) is 5.60. The normalized spacial score (nSPS) is 24.3. The number of amides is 2. The van der Waals surface area contributed by atoms with Crippen LogP contribution in [0.5, 0.6) is 5.75 Å². The number of carbonyl (C=O) groups is 2. The predicted molar refractivity (Wildman–Crippen MR) is 78.7 cm³/mol. The number of aryl methyl sites for hydroxylation is 1. The van der Waals surface area contributed by atoms with Crippen LogP contribution in [0.4, 0.5) is 0 Å². The number of carbonyl (C=O) groups excluding carboxylic acids is 2. The SMILES string of the molecule is Cc1ccccc1OCCN1C(=O)[C@H]2CC=CC[C@@H]2C1=O. The van der Waals surface area contributed by atoms with Gasteiger partial charge in [0.1, 0.15) is 12.4 Å². The van der Waals surface area contributed by atoms with Crippen molar-refractivity contribution in [2.75, 3.05) is 13.2 Å². The molecule has 0 radical (unpaired) electrons. The molecule has 0 N–H and O–H groups in total. The minimum Gasteiger partial charge on any atom is -0.491 e. The molecule has 1 fully saturated rings. The number of hydrogen-bond donors (Lipinski definition) is 0. The van der Waals surface area contributed by atoms with E-state index in [2.05, 4.69) is 0 Å². The quantitative estimate of drug-likeness (QED) is 0.630. The van der Waals surface area contributed by atoms with E-state index >= 15 is 0 Å². The van der Waals surface area contributed by atoms with Crippen molar-refractivity contribution in [3.63, 3.8) is 0 Å². The van der Waals surface area contributed by atoms with E-state index in [1.807, 2.05) is 43.3 Å². The monoisotopic (exact) mass is 285 g/mol. The largest absolute Gasteiger partial charge is 0.491 e. The summed E-state index contributed by atoms with van der Waals surface area (Å²) < 4.78 is 5.69. The Hall–Kier alpha value is -2.10. The molecule has 0 bridgehead atoms. The molecule has 0 spiro atoms. The van der Waals surface area contributed by atoms with Crippen LogP contribution in [0.15, 0.2) is 36.4 Å². The summed E-state index contributed by atoms with van der Waals surface area (Å²) in [6, 6.07) is 7.73. The fourth-order valence-corrected chi connectivity index (χ4v) is 3.05. The molecule has 0 aromatic heterocycles. The molecule has 2 atom stereocenters. The third kappa shape index (κ3) is 2.58. The number of para-hydroxylation sites is 1. The van der Waals surface area contributed by atoms with Gasteiger partial charge in [0.05, 0.1) is 18.4 Å². The zero-order valence-corrected chi connectivity index (χ0v) is 12.1. The molecule has 21 heavy (non-hydrogen) atoms. The minimum absolute atomic E-state index is 0.0391. The molecule has 1 aromatic rings. The fourth-order valence-electron chi connectivity index (χ4n) is 3.05. The Morgan fingerprint density at radius 3 is 2.33 bits per heavy atom. The number of rotatable bonds is 4. The maximum Gasteiger partial charge on any atom is 0.233 e. The highest BCUT2D eigenvalue weighted by molar-refractivity contribution is 6.05. The molecule has 110 valence electrons. The number of likely N-dealkylation sites (tertiary alicyclic amines) is 1. The van der Waals surface area contributed by atoms with Crippen LogP contribution < -0.4 is 4.74 Å². The highest BCUT2D eigenvalue weighted by Crippen LogP contribution is 2.34. The maximum atomic E-state index is 12.3. The number of hydrogen-bond acceptors (Lipinski definition) is 3. The second-order valence-electron chi connectivity index (χ2n) is 5.60. The molecule has 0 unspecified atom stereocenters. The van der Waals surface area contributed by atoms with E-state index in [-0.39, 0.29) is 23.7 Å². The lowest BCUT2D eigenvalue weighted by atomic mass is 9.85. The molecule has 2 amide bonds. The summed E-state index contributed by atoms with van der Waals surface area (Å²) in [6.07, 6.45) is 5.37. The second kappa shape index (κ2) is 5.72. The maximum absolute atomic E-state index is 12.3. The molecule has 1 saturated heterocycles. The van der Waals surface area contributed by atoms with Crippen LogP contribution >= 0.6 is 0 Å². The first-order valence-corrected chi connectivity index (χ1v) is 7.37. The van der Waals surface area contributed by atoms with Gasteiger partial charge in [-0.3, -0.25) is 14.5 Å². The van der Waals surface area contributed by atoms with E-state index in [4.69, 9.17) is 4.74 Å². The minimum atomic E-state index is -0.152. The van der Waals surface area contributed by atoms with Crippen molar-refractivity contribution < 1.29 is 14.3 Å². The number of imide groups is 1. The zero-order chi connectivity index (χ0) is 14.8. The molecule has 2 aliphatic rings. The summed E-state index contributed by atoms with van der Waals surface area (Å²) in [7, 11) is 0. The Kier molecular flexibility index (Phi) is 3.78. The Bertz CT molecular complexity index is 567. The van der Waals surface area contributed by atoms with Gasteiger partial charge < -0.3 is 4.74 Å². The molecule has 3 rings (SSSR count). The molecule has 1 heterocycles. The highest BCUT2D eigenvalue weighted by Gasteiger charge is 2.46. The summed E-state index contributed by atoms with van der Waals surface area (Å²) in [5.41, 5.74) is 1.05. The smallest absolute Gasteiger partial charge is 0.233 e. The molecule has 1 aliphatic carbocycles. The average molecular weight is 285 g/mol. The lowest BCUT2D eigenvalue weighted by Crippen LogP contribution is -2.34. The highest BCUT2D eigenvalue weighted by atomic mass is 16.5. The Labute approximate surface area is 124 Å². The van der Waals surface area contributed by atoms with Crippen LogP contribution in [0.3, 0.4) is 0 Å². The summed E-state index contributed by atoms with van der Waals surface area (Å²) >= 11 is 0. The topological polar surface area (TPSA) is 46.6 Å². The molecule has 1 aliphatic heterocycles. The average Bonchev–Trinajstić information content (AvgIpc) is 2.74. The molecule has 0 saturated carbocycles. The number of nitrogens with zero attached hydrogens (tertiary/aromatic N) is 1. The summed E-state index contributed by atoms with van der Waals surface area (Å²) in [5.74, 6) is 0.420. The first-order valence-electron chi connectivity index (χ1n) is 7.37. The number of allylic oxidation sites excluding steroid dienone is 2. The van der Waals surface area contributed by atoms with Gasteiger partial charge in [0.15, 0.2) is 0 Å². The van der Waals surface area contributed by atoms with E-state index in [1.54, 1.807) is 0 Å². The van der Waals surface area contributed by atoms with Crippen LogP contribution in [0.1, 0.15) is 18.4 Å². The first kappa shape index (κ1) is 13.9. The van der Waals surface area contributed by atoms with E-state index < -0.39 is 0 Å². The van der Waals surface area contributed by atoms with Crippen molar-refractivity contribution in [1.29, 1.82) is 0 Å². The number of ether oxygens (including phenoxy) is 1. The zero-order valence-electron chi connectivity index (χ0n) is 12.1. The van der Waals surface area contributed by atoms with Gasteiger partial charge >= 0.3 is 0 Å². The van der Waals surface area contributed by atoms with E-state index in [0.717, 1.165) is 11.3 Å². The van der Waals surface area contributed by atoms with Crippen molar-refractivity contribution in [3.8, 4) is 5.75 Å². The molecule has 4 heteroatoms. The number of benzene rings is 1. The van der Waals surface area contributed by atoms with Crippen molar-refractivity contribution >= 4 is 11.8 Å². The van der Waals surface area contributed by atoms with E-state index in [9.17, 15) is 9.59 Å². The van der Waals surface area contributed by atoms with Gasteiger partial charge in [-0.1, -0.05) is 30.4 Å². The van der Waals surface area contributed by atoms with Crippen molar-refractivity contribution in [2.24, 2.45) is 11.8 Å². The van der Waals surface area contributed by atoms with Crippen LogP contribution in [0.25, 0.3) is 0 Å². The van der Waals surface area contributed by atoms with Gasteiger partial charge in [-0.25, -0.2) is 0 Å². The van der Waals surface area contributed by atoms with Crippen molar-refractivity contribution in [1.82, 2.24) is 4.90 Å². The summed E-state index contributed by atoms with van der Waals surface area (Å²) in [5, 5.41) is 0. The molecule has 1 aromatic carbocycles. The summed E-state index contributed by atoms with van der Waals surface area (Å²) in [4.78, 5) is 25.9. The Balaban J connectivity index is 1.60. The standard InChI is InChI=1S/C17H19NO3/c1-12-6-2-5-9-15(12)21-11-10-18-16(19)13-7-3-4-8-14(13)17(18)20/h2-6,9,13-14H,7-8,10-11H2,1H3/t13-,14-/m0/s1. The van der Waals surface area contributed by atoms with E-state index in [1.165, 1.54) is 4.90 Å². The Morgan fingerprint density at radius 2 is 1.71 bits per heavy atom. The van der Waals surface area contributed by atoms with Gasteiger partial charge in [0, 0.05) is 0 Å². The lowest BCUT2D eigenvalue weighted by molar-refractivity contribution is -0.140. The van der Waals surface area contributed by atoms with Crippen molar-refractivity contribution in [3.05, 3.63) is 42.0 Å². The van der Waals surface area contributed by atoms with Gasteiger partial charge in [-0.05, 0) is 31.4 Å². The molecule has 4 nitrogen and oxygen atoms in total. The van der Waals surface area contributed by atoms with Crippen LogP contribution in [0, 0.1) is 18.8 Å². The lowest BCUT2D eigenvalue weighted by Gasteiger charge is -2.16. The van der Waals surface area contributed by atoms with Gasteiger partial charge in [0.2, 0.25) is 11.8 Å². The van der Waals surface area contributed by atoms with Gasteiger partial charge in [-0.2, -0.15) is 0 Å². The summed E-state index contributed by atoms with van der Waals surface area (Å²) in [6.45, 7) is 2.65. The fraction of sp³-hybridized carbons (Fsp3) is 0.412. The van der Waals surface area contributed by atoms with E-state index in [0.29, 0.717) is 26.0 Å². The third-order valence-electron chi connectivity index (χ3n) is 4.26. The van der Waals surface area contributed by atoms with Crippen molar-refractivity contribution in [2.45, 2.75) is 19.8 Å². The van der Waals surface area contributed by atoms with Crippen LogP contribution in [0.2, 0.25) is 0 Å².